The summed E-state index contributed by atoms with van der Waals surface area (Å²) in [5, 5.41) is 4.08. The predicted molar refractivity (Wildman–Crippen MR) is 66.2 cm³/mol. The first-order valence-corrected chi connectivity index (χ1v) is 6.07. The number of hydrogen-bond acceptors (Lipinski definition) is 2. The molecule has 2 aromatic rings. The molecule has 0 fully saturated rings. The lowest BCUT2D eigenvalue weighted by molar-refractivity contribution is 0.622. The van der Waals surface area contributed by atoms with Gasteiger partial charge in [0.25, 0.3) is 0 Å². The van der Waals surface area contributed by atoms with Crippen LogP contribution in [0.15, 0.2) is 29.0 Å². The second kappa shape index (κ2) is 4.36. The second-order valence-electron chi connectivity index (χ2n) is 4.05. The van der Waals surface area contributed by atoms with Crippen molar-refractivity contribution < 1.29 is 4.39 Å². The molecule has 3 heteroatoms. The molecule has 16 heavy (non-hydrogen) atoms. The van der Waals surface area contributed by atoms with Crippen molar-refractivity contribution in [1.29, 1.82) is 0 Å². The first kappa shape index (κ1) is 11.3. The Bertz CT molecular complexity index is 484. The molecule has 2 N–H and O–H groups in total. The normalized spacial score (nSPS) is 12.8. The highest BCUT2D eigenvalue weighted by Crippen LogP contribution is 2.26. The predicted octanol–water partition coefficient (Wildman–Crippen LogP) is 3.55. The summed E-state index contributed by atoms with van der Waals surface area (Å²) in [5.41, 5.74) is 10.1. The topological polar surface area (TPSA) is 26.0 Å². The standard InChI is InChI=1S/C13H14FNS/c1-8-3-10(5-11(14)4-8)13(15)12-7-16-6-9(12)2/h3-7,13H,15H2,1-2H3. The van der Waals surface area contributed by atoms with Crippen LogP contribution in [0, 0.1) is 19.7 Å². The van der Waals surface area contributed by atoms with E-state index in [4.69, 9.17) is 5.73 Å². The van der Waals surface area contributed by atoms with Crippen LogP contribution >= 0.6 is 11.3 Å². The Morgan fingerprint density at radius 3 is 2.50 bits per heavy atom. The van der Waals surface area contributed by atoms with Crippen molar-refractivity contribution in [3.8, 4) is 0 Å². The van der Waals surface area contributed by atoms with E-state index in [1.54, 1.807) is 11.3 Å². The van der Waals surface area contributed by atoms with Gasteiger partial charge in [-0.1, -0.05) is 6.07 Å². The summed E-state index contributed by atoms with van der Waals surface area (Å²) in [4.78, 5) is 0. The molecule has 0 radical (unpaired) electrons. The molecule has 1 unspecified atom stereocenters. The van der Waals surface area contributed by atoms with Gasteiger partial charge in [0.05, 0.1) is 6.04 Å². The van der Waals surface area contributed by atoms with Crippen molar-refractivity contribution in [3.05, 3.63) is 57.0 Å². The van der Waals surface area contributed by atoms with E-state index in [0.29, 0.717) is 0 Å². The summed E-state index contributed by atoms with van der Waals surface area (Å²) in [5.74, 6) is -0.224. The molecule has 1 heterocycles. The molecule has 0 saturated carbocycles. The summed E-state index contributed by atoms with van der Waals surface area (Å²) in [6.07, 6.45) is 0. The molecule has 0 spiro atoms. The van der Waals surface area contributed by atoms with Crippen LogP contribution in [0.2, 0.25) is 0 Å². The molecule has 1 atom stereocenters. The minimum Gasteiger partial charge on any atom is -0.320 e. The molecule has 0 saturated heterocycles. The fraction of sp³-hybridized carbons (Fsp3) is 0.231. The van der Waals surface area contributed by atoms with Crippen molar-refractivity contribution in [2.45, 2.75) is 19.9 Å². The Balaban J connectivity index is 2.41. The summed E-state index contributed by atoms with van der Waals surface area (Å²) in [7, 11) is 0. The van der Waals surface area contributed by atoms with E-state index >= 15 is 0 Å². The molecular formula is C13H14FNS. The average Bonchev–Trinajstić information content (AvgIpc) is 2.62. The van der Waals surface area contributed by atoms with Crippen molar-refractivity contribution >= 4 is 11.3 Å². The van der Waals surface area contributed by atoms with Crippen LogP contribution in [-0.2, 0) is 0 Å². The number of rotatable bonds is 2. The monoisotopic (exact) mass is 235 g/mol. The Hall–Kier alpha value is -1.19. The molecule has 0 amide bonds. The van der Waals surface area contributed by atoms with Gasteiger partial charge in [-0.05, 0) is 59.0 Å². The van der Waals surface area contributed by atoms with E-state index in [0.717, 1.165) is 16.7 Å². The van der Waals surface area contributed by atoms with E-state index < -0.39 is 0 Å². The zero-order valence-electron chi connectivity index (χ0n) is 9.33. The van der Waals surface area contributed by atoms with E-state index in [9.17, 15) is 4.39 Å². The third-order valence-corrected chi connectivity index (χ3v) is 3.53. The number of aryl methyl sites for hydroxylation is 2. The largest absolute Gasteiger partial charge is 0.320 e. The van der Waals surface area contributed by atoms with Crippen LogP contribution in [0.3, 0.4) is 0 Å². The van der Waals surface area contributed by atoms with Gasteiger partial charge in [-0.2, -0.15) is 11.3 Å². The van der Waals surface area contributed by atoms with E-state index in [2.05, 4.69) is 5.38 Å². The second-order valence-corrected chi connectivity index (χ2v) is 4.79. The molecule has 1 aromatic heterocycles. The van der Waals surface area contributed by atoms with Crippen molar-refractivity contribution in [3.63, 3.8) is 0 Å². The zero-order chi connectivity index (χ0) is 11.7. The Kier molecular flexibility index (Phi) is 3.08. The molecule has 0 aliphatic heterocycles. The smallest absolute Gasteiger partial charge is 0.123 e. The summed E-state index contributed by atoms with van der Waals surface area (Å²) < 4.78 is 13.3. The van der Waals surface area contributed by atoms with Crippen LogP contribution in [0.1, 0.15) is 28.3 Å². The van der Waals surface area contributed by atoms with Crippen LogP contribution in [0.4, 0.5) is 4.39 Å². The highest BCUT2D eigenvalue weighted by Gasteiger charge is 2.13. The van der Waals surface area contributed by atoms with Crippen LogP contribution in [-0.4, -0.2) is 0 Å². The van der Waals surface area contributed by atoms with Gasteiger partial charge in [-0.25, -0.2) is 4.39 Å². The van der Waals surface area contributed by atoms with Gasteiger partial charge < -0.3 is 5.73 Å². The summed E-state index contributed by atoms with van der Waals surface area (Å²) in [6.45, 7) is 3.90. The minimum atomic E-state index is -0.236. The van der Waals surface area contributed by atoms with Gasteiger partial charge in [-0.3, -0.25) is 0 Å². The molecule has 0 aliphatic rings. The molecule has 2 rings (SSSR count). The fourth-order valence-electron chi connectivity index (χ4n) is 1.81. The molecule has 1 aromatic carbocycles. The number of nitrogens with two attached hydrogens (primary N) is 1. The SMILES string of the molecule is Cc1cc(F)cc(C(N)c2cscc2C)c1. The van der Waals surface area contributed by atoms with Gasteiger partial charge in [0.2, 0.25) is 0 Å². The average molecular weight is 235 g/mol. The first-order chi connectivity index (χ1) is 7.58. The lowest BCUT2D eigenvalue weighted by Crippen LogP contribution is -2.12. The minimum absolute atomic E-state index is 0.224. The Morgan fingerprint density at radius 2 is 1.94 bits per heavy atom. The molecule has 0 bridgehead atoms. The number of halogens is 1. The Labute approximate surface area is 98.7 Å². The van der Waals surface area contributed by atoms with Crippen LogP contribution in [0.25, 0.3) is 0 Å². The maximum Gasteiger partial charge on any atom is 0.123 e. The molecule has 84 valence electrons. The lowest BCUT2D eigenvalue weighted by atomic mass is 9.98. The third kappa shape index (κ3) is 2.15. The van der Waals surface area contributed by atoms with Gasteiger partial charge in [0.15, 0.2) is 0 Å². The highest BCUT2D eigenvalue weighted by atomic mass is 32.1. The van der Waals surface area contributed by atoms with Gasteiger partial charge >= 0.3 is 0 Å². The molecule has 0 aliphatic carbocycles. The van der Waals surface area contributed by atoms with Crippen molar-refractivity contribution in [2.24, 2.45) is 5.73 Å². The van der Waals surface area contributed by atoms with Gasteiger partial charge in [0, 0.05) is 0 Å². The van der Waals surface area contributed by atoms with Gasteiger partial charge in [0.1, 0.15) is 5.82 Å². The highest BCUT2D eigenvalue weighted by molar-refractivity contribution is 7.08. The molecular weight excluding hydrogens is 221 g/mol. The fourth-order valence-corrected chi connectivity index (χ4v) is 2.70. The molecule has 1 nitrogen and oxygen atoms in total. The van der Waals surface area contributed by atoms with Crippen molar-refractivity contribution in [1.82, 2.24) is 0 Å². The van der Waals surface area contributed by atoms with Crippen LogP contribution in [0.5, 0.6) is 0 Å². The maximum atomic E-state index is 13.3. The first-order valence-electron chi connectivity index (χ1n) is 5.13. The lowest BCUT2D eigenvalue weighted by Gasteiger charge is -2.13. The third-order valence-electron chi connectivity index (χ3n) is 2.65. The van der Waals surface area contributed by atoms with Gasteiger partial charge in [-0.15, -0.1) is 0 Å². The maximum absolute atomic E-state index is 13.3. The van der Waals surface area contributed by atoms with E-state index in [1.165, 1.54) is 17.7 Å². The zero-order valence-corrected chi connectivity index (χ0v) is 10.1. The van der Waals surface area contributed by atoms with E-state index in [1.807, 2.05) is 25.3 Å². The summed E-state index contributed by atoms with van der Waals surface area (Å²) in [6, 6.07) is 4.72. The summed E-state index contributed by atoms with van der Waals surface area (Å²) >= 11 is 1.62. The number of hydrogen-bond donors (Lipinski definition) is 1. The van der Waals surface area contributed by atoms with Crippen LogP contribution < -0.4 is 5.73 Å². The quantitative estimate of drug-likeness (QED) is 0.846. The Morgan fingerprint density at radius 1 is 1.19 bits per heavy atom. The number of benzene rings is 1. The van der Waals surface area contributed by atoms with Crippen molar-refractivity contribution in [2.75, 3.05) is 0 Å². The number of thiophene rings is 1. The van der Waals surface area contributed by atoms with E-state index in [-0.39, 0.29) is 11.9 Å².